The van der Waals surface area contributed by atoms with Gasteiger partial charge < -0.3 is 14.0 Å². The number of benzene rings is 1. The molecule has 0 radical (unpaired) electrons. The van der Waals surface area contributed by atoms with E-state index in [-0.39, 0.29) is 5.97 Å². The number of aromatic nitrogens is 1. The molecule has 1 saturated heterocycles. The second kappa shape index (κ2) is 6.28. The Labute approximate surface area is 124 Å². The molecule has 0 saturated carbocycles. The number of methoxy groups -OCH3 is 1. The van der Waals surface area contributed by atoms with Crippen molar-refractivity contribution in [2.75, 3.05) is 40.0 Å². The summed E-state index contributed by atoms with van der Waals surface area (Å²) >= 11 is 0. The van der Waals surface area contributed by atoms with Crippen LogP contribution in [0.1, 0.15) is 10.4 Å². The fraction of sp³-hybridized carbons (Fsp3) is 0.438. The highest BCUT2D eigenvalue weighted by molar-refractivity contribution is 6.03. The zero-order valence-electron chi connectivity index (χ0n) is 12.2. The molecule has 2 aromatic rings. The molecule has 2 heterocycles. The standard InChI is InChI=1S/C16H20N2O3/c1-20-16(19)14-3-2-4-15-13(14)5-6-18(15)8-7-17-9-11-21-12-10-17/h2-6H,7-12H2,1H3. The van der Waals surface area contributed by atoms with Crippen LogP contribution in [0.3, 0.4) is 0 Å². The number of ether oxygens (including phenoxy) is 2. The number of morpholine rings is 1. The molecule has 1 aromatic carbocycles. The number of esters is 1. The third kappa shape index (κ3) is 2.94. The van der Waals surface area contributed by atoms with Crippen LogP contribution in [-0.2, 0) is 16.0 Å². The van der Waals surface area contributed by atoms with E-state index in [1.807, 2.05) is 24.4 Å². The van der Waals surface area contributed by atoms with Crippen LogP contribution in [0.5, 0.6) is 0 Å². The second-order valence-corrected chi connectivity index (χ2v) is 5.19. The molecule has 0 aliphatic carbocycles. The smallest absolute Gasteiger partial charge is 0.338 e. The van der Waals surface area contributed by atoms with Crippen molar-refractivity contribution in [2.45, 2.75) is 6.54 Å². The van der Waals surface area contributed by atoms with Gasteiger partial charge in [0, 0.05) is 43.3 Å². The molecular weight excluding hydrogens is 268 g/mol. The van der Waals surface area contributed by atoms with Gasteiger partial charge in [-0.3, -0.25) is 4.90 Å². The molecule has 0 unspecified atom stereocenters. The summed E-state index contributed by atoms with van der Waals surface area (Å²) in [4.78, 5) is 14.2. The van der Waals surface area contributed by atoms with Crippen molar-refractivity contribution in [1.29, 1.82) is 0 Å². The third-order valence-corrected chi connectivity index (χ3v) is 3.98. The Morgan fingerprint density at radius 1 is 1.24 bits per heavy atom. The lowest BCUT2D eigenvalue weighted by Crippen LogP contribution is -2.38. The van der Waals surface area contributed by atoms with Crippen molar-refractivity contribution in [2.24, 2.45) is 0 Å². The van der Waals surface area contributed by atoms with Gasteiger partial charge in [-0.1, -0.05) is 6.07 Å². The summed E-state index contributed by atoms with van der Waals surface area (Å²) in [6.07, 6.45) is 2.04. The van der Waals surface area contributed by atoms with Gasteiger partial charge >= 0.3 is 5.97 Å². The zero-order valence-corrected chi connectivity index (χ0v) is 12.2. The quantitative estimate of drug-likeness (QED) is 0.804. The first-order valence-electron chi connectivity index (χ1n) is 7.26. The van der Waals surface area contributed by atoms with Crippen LogP contribution >= 0.6 is 0 Å². The van der Waals surface area contributed by atoms with Gasteiger partial charge in [-0.25, -0.2) is 4.79 Å². The Balaban J connectivity index is 1.78. The zero-order chi connectivity index (χ0) is 14.7. The number of carbonyl (C=O) groups is 1. The maximum Gasteiger partial charge on any atom is 0.338 e. The summed E-state index contributed by atoms with van der Waals surface area (Å²) < 4.78 is 12.4. The molecule has 0 amide bonds. The van der Waals surface area contributed by atoms with Crippen LogP contribution < -0.4 is 0 Å². The number of carbonyl (C=O) groups excluding carboxylic acids is 1. The van der Waals surface area contributed by atoms with Crippen molar-refractivity contribution < 1.29 is 14.3 Å². The molecule has 0 spiro atoms. The molecule has 1 aromatic heterocycles. The maximum atomic E-state index is 11.8. The average Bonchev–Trinajstić information content (AvgIpc) is 2.96. The molecule has 5 nitrogen and oxygen atoms in total. The summed E-state index contributed by atoms with van der Waals surface area (Å²) in [7, 11) is 1.41. The van der Waals surface area contributed by atoms with Crippen molar-refractivity contribution in [1.82, 2.24) is 9.47 Å². The fourth-order valence-electron chi connectivity index (χ4n) is 2.78. The highest BCUT2D eigenvalue weighted by Crippen LogP contribution is 2.21. The van der Waals surface area contributed by atoms with Gasteiger partial charge in [0.2, 0.25) is 0 Å². The SMILES string of the molecule is COC(=O)c1cccc2c1ccn2CCN1CCOCC1. The molecule has 0 atom stereocenters. The molecule has 5 heteroatoms. The third-order valence-electron chi connectivity index (χ3n) is 3.98. The number of fused-ring (bicyclic) bond motifs is 1. The van der Waals surface area contributed by atoms with Gasteiger partial charge in [0.1, 0.15) is 0 Å². The van der Waals surface area contributed by atoms with E-state index in [2.05, 4.69) is 9.47 Å². The predicted octanol–water partition coefficient (Wildman–Crippen LogP) is 1.76. The maximum absolute atomic E-state index is 11.8. The van der Waals surface area contributed by atoms with E-state index in [9.17, 15) is 4.79 Å². The molecule has 0 bridgehead atoms. The van der Waals surface area contributed by atoms with Gasteiger partial charge in [-0.05, 0) is 18.2 Å². The number of hydrogen-bond donors (Lipinski definition) is 0. The Hall–Kier alpha value is -1.85. The van der Waals surface area contributed by atoms with Crippen LogP contribution in [0.4, 0.5) is 0 Å². The highest BCUT2D eigenvalue weighted by atomic mass is 16.5. The van der Waals surface area contributed by atoms with Crippen LogP contribution in [0.25, 0.3) is 10.9 Å². The molecule has 112 valence electrons. The van der Waals surface area contributed by atoms with E-state index in [1.165, 1.54) is 7.11 Å². The normalized spacial score (nSPS) is 16.2. The average molecular weight is 288 g/mol. The van der Waals surface area contributed by atoms with E-state index in [0.29, 0.717) is 5.56 Å². The monoisotopic (exact) mass is 288 g/mol. The first-order chi connectivity index (χ1) is 10.3. The summed E-state index contributed by atoms with van der Waals surface area (Å²) in [5, 5.41) is 0.950. The van der Waals surface area contributed by atoms with Crippen molar-refractivity contribution in [3.05, 3.63) is 36.0 Å². The van der Waals surface area contributed by atoms with Crippen LogP contribution in [0, 0.1) is 0 Å². The molecule has 21 heavy (non-hydrogen) atoms. The first kappa shape index (κ1) is 14.1. The minimum Gasteiger partial charge on any atom is -0.465 e. The summed E-state index contributed by atoms with van der Waals surface area (Å²) in [6.45, 7) is 5.53. The number of rotatable bonds is 4. The van der Waals surface area contributed by atoms with Gasteiger partial charge in [0.25, 0.3) is 0 Å². The van der Waals surface area contributed by atoms with Crippen molar-refractivity contribution >= 4 is 16.9 Å². The largest absolute Gasteiger partial charge is 0.465 e. The lowest BCUT2D eigenvalue weighted by Gasteiger charge is -2.26. The number of hydrogen-bond acceptors (Lipinski definition) is 4. The van der Waals surface area contributed by atoms with E-state index < -0.39 is 0 Å². The van der Waals surface area contributed by atoms with Crippen LogP contribution in [-0.4, -0.2) is 55.4 Å². The molecular formula is C16H20N2O3. The van der Waals surface area contributed by atoms with Gasteiger partial charge in [0.15, 0.2) is 0 Å². The Morgan fingerprint density at radius 2 is 2.05 bits per heavy atom. The molecule has 1 aliphatic heterocycles. The minimum absolute atomic E-state index is 0.286. The van der Waals surface area contributed by atoms with E-state index in [0.717, 1.165) is 50.3 Å². The van der Waals surface area contributed by atoms with E-state index in [1.54, 1.807) is 6.07 Å². The Kier molecular flexibility index (Phi) is 4.22. The summed E-state index contributed by atoms with van der Waals surface area (Å²) in [5.74, 6) is -0.286. The van der Waals surface area contributed by atoms with Crippen LogP contribution in [0.2, 0.25) is 0 Å². The van der Waals surface area contributed by atoms with Gasteiger partial charge in [-0.15, -0.1) is 0 Å². The lowest BCUT2D eigenvalue weighted by molar-refractivity contribution is 0.0365. The Bertz CT molecular complexity index is 629. The van der Waals surface area contributed by atoms with Crippen molar-refractivity contribution in [3.63, 3.8) is 0 Å². The Morgan fingerprint density at radius 3 is 2.81 bits per heavy atom. The molecule has 0 N–H and O–H groups in total. The van der Waals surface area contributed by atoms with Crippen LogP contribution in [0.15, 0.2) is 30.5 Å². The molecule has 3 rings (SSSR count). The highest BCUT2D eigenvalue weighted by Gasteiger charge is 2.14. The van der Waals surface area contributed by atoms with E-state index >= 15 is 0 Å². The lowest BCUT2D eigenvalue weighted by atomic mass is 10.1. The fourth-order valence-corrected chi connectivity index (χ4v) is 2.78. The minimum atomic E-state index is -0.286. The second-order valence-electron chi connectivity index (χ2n) is 5.19. The molecule has 1 fully saturated rings. The van der Waals surface area contributed by atoms with E-state index in [4.69, 9.17) is 9.47 Å². The van der Waals surface area contributed by atoms with Gasteiger partial charge in [-0.2, -0.15) is 0 Å². The van der Waals surface area contributed by atoms with Gasteiger partial charge in [0.05, 0.1) is 25.9 Å². The summed E-state index contributed by atoms with van der Waals surface area (Å²) in [6, 6.07) is 7.74. The molecule has 1 aliphatic rings. The predicted molar refractivity (Wildman–Crippen MR) is 80.5 cm³/mol. The topological polar surface area (TPSA) is 43.7 Å². The summed E-state index contributed by atoms with van der Waals surface area (Å²) in [5.41, 5.74) is 1.70. The van der Waals surface area contributed by atoms with Crippen molar-refractivity contribution in [3.8, 4) is 0 Å². The first-order valence-corrected chi connectivity index (χ1v) is 7.26. The number of nitrogens with zero attached hydrogens (tertiary/aromatic N) is 2.